The molecule has 0 amide bonds. The molecule has 0 unspecified atom stereocenters. The van der Waals surface area contributed by atoms with Gasteiger partial charge in [-0.15, -0.1) is 0 Å². The van der Waals surface area contributed by atoms with Gasteiger partial charge in [0, 0.05) is 18.6 Å². The number of unbranched alkanes of at least 4 members (excludes halogenated alkanes) is 1. The lowest BCUT2D eigenvalue weighted by atomic mass is 9.95. The van der Waals surface area contributed by atoms with Crippen molar-refractivity contribution < 1.29 is 13.0 Å². The van der Waals surface area contributed by atoms with Gasteiger partial charge in [0.2, 0.25) is 0 Å². The molecular weight excluding hydrogens is 322 g/mol. The van der Waals surface area contributed by atoms with Crippen LogP contribution < -0.4 is 4.48 Å². The van der Waals surface area contributed by atoms with Gasteiger partial charge in [0.05, 0.1) is 25.4 Å². The molecule has 24 heavy (non-hydrogen) atoms. The van der Waals surface area contributed by atoms with Crippen LogP contribution in [0.25, 0.3) is 16.3 Å². The maximum Gasteiger partial charge on any atom is 0.264 e. The van der Waals surface area contributed by atoms with Gasteiger partial charge in [0.15, 0.2) is 0 Å². The summed E-state index contributed by atoms with van der Waals surface area (Å²) in [6, 6.07) is 12.8. The lowest BCUT2D eigenvalue weighted by molar-refractivity contribution is 0.480. The average Bonchev–Trinajstić information content (AvgIpc) is 2.71. The molecule has 0 saturated carbocycles. The summed E-state index contributed by atoms with van der Waals surface area (Å²) >= 11 is 0. The molecule has 0 fully saturated rings. The number of benzene rings is 2. The molecule has 0 aliphatic carbocycles. The lowest BCUT2D eigenvalue weighted by Gasteiger charge is -2.26. The molecule has 1 N–H and O–H groups in total. The monoisotopic (exact) mass is 346 g/mol. The standard InChI is InChI=1S/C19H23NO3S/c1-14-16(9-6-7-13-24(21,22)23)19-17-10-5-4-8-15(17)11-12-18(19)20(14,2)3/h4-5,8,10-12H,6-7,9,13H2,1-3H3/p+1. The Morgan fingerprint density at radius 1 is 1.04 bits per heavy atom. The van der Waals surface area contributed by atoms with Crippen LogP contribution in [-0.2, 0) is 10.1 Å². The van der Waals surface area contributed by atoms with Crippen molar-refractivity contribution in [3.05, 3.63) is 47.7 Å². The maximum atomic E-state index is 10.9. The maximum absolute atomic E-state index is 10.9. The predicted molar refractivity (Wildman–Crippen MR) is 100 cm³/mol. The molecule has 0 bridgehead atoms. The van der Waals surface area contributed by atoms with E-state index in [1.807, 2.05) is 6.07 Å². The molecule has 1 heterocycles. The highest BCUT2D eigenvalue weighted by atomic mass is 32.2. The Bertz CT molecular complexity index is 927. The summed E-state index contributed by atoms with van der Waals surface area (Å²) in [7, 11) is 0.506. The smallest absolute Gasteiger partial charge is 0.264 e. The SMILES string of the molecule is CC1=C(CCCCS(=O)(=O)O)c2c(ccc3ccccc23)[N+]1(C)C. The number of quaternary nitrogens is 1. The summed E-state index contributed by atoms with van der Waals surface area (Å²) in [4.78, 5) is 0. The summed E-state index contributed by atoms with van der Waals surface area (Å²) in [6.07, 6.45) is 2.04. The first-order chi connectivity index (χ1) is 11.2. The molecule has 0 atom stereocenters. The van der Waals surface area contributed by atoms with Crippen LogP contribution in [0.1, 0.15) is 31.7 Å². The van der Waals surface area contributed by atoms with Crippen molar-refractivity contribution >= 4 is 32.2 Å². The molecule has 1 aliphatic heterocycles. The minimum Gasteiger partial charge on any atom is -0.286 e. The second-order valence-corrected chi connectivity index (χ2v) is 8.51. The number of hydrogen-bond donors (Lipinski definition) is 1. The van der Waals surface area contributed by atoms with E-state index < -0.39 is 10.1 Å². The van der Waals surface area contributed by atoms with Crippen LogP contribution in [0.5, 0.6) is 0 Å². The van der Waals surface area contributed by atoms with Crippen LogP contribution in [0.15, 0.2) is 42.1 Å². The Morgan fingerprint density at radius 3 is 2.46 bits per heavy atom. The molecule has 0 aromatic heterocycles. The normalized spacial score (nSPS) is 16.7. The highest BCUT2D eigenvalue weighted by Gasteiger charge is 2.37. The summed E-state index contributed by atoms with van der Waals surface area (Å²) in [5.74, 6) is -0.167. The zero-order valence-corrected chi connectivity index (χ0v) is 15.2. The van der Waals surface area contributed by atoms with Crippen LogP contribution in [0.4, 0.5) is 5.69 Å². The molecule has 0 saturated heterocycles. The minimum absolute atomic E-state index is 0.167. The Hall–Kier alpha value is -1.69. The van der Waals surface area contributed by atoms with Crippen molar-refractivity contribution in [2.45, 2.75) is 26.2 Å². The van der Waals surface area contributed by atoms with E-state index in [-0.39, 0.29) is 5.75 Å². The topological polar surface area (TPSA) is 54.4 Å². The summed E-state index contributed by atoms with van der Waals surface area (Å²) in [5.41, 5.74) is 5.19. The van der Waals surface area contributed by atoms with Gasteiger partial charge in [0.1, 0.15) is 11.4 Å². The van der Waals surface area contributed by atoms with Crippen LogP contribution >= 0.6 is 0 Å². The van der Waals surface area contributed by atoms with Crippen LogP contribution in [-0.4, -0.2) is 32.8 Å². The van der Waals surface area contributed by atoms with Gasteiger partial charge in [0.25, 0.3) is 10.1 Å². The largest absolute Gasteiger partial charge is 0.286 e. The van der Waals surface area contributed by atoms with Gasteiger partial charge >= 0.3 is 0 Å². The fraction of sp³-hybridized carbons (Fsp3) is 0.368. The fourth-order valence-electron chi connectivity index (χ4n) is 3.63. The van der Waals surface area contributed by atoms with E-state index >= 15 is 0 Å². The molecule has 4 nitrogen and oxygen atoms in total. The molecule has 3 rings (SSSR count). The van der Waals surface area contributed by atoms with E-state index in [4.69, 9.17) is 4.55 Å². The van der Waals surface area contributed by atoms with E-state index in [0.717, 1.165) is 17.3 Å². The van der Waals surface area contributed by atoms with Crippen LogP contribution in [0.3, 0.4) is 0 Å². The fourth-order valence-corrected chi connectivity index (χ4v) is 4.20. The molecule has 128 valence electrons. The molecule has 2 aromatic carbocycles. The minimum atomic E-state index is -3.87. The quantitative estimate of drug-likeness (QED) is 0.501. The van der Waals surface area contributed by atoms with E-state index in [9.17, 15) is 8.42 Å². The van der Waals surface area contributed by atoms with E-state index in [1.54, 1.807) is 0 Å². The summed E-state index contributed by atoms with van der Waals surface area (Å²) < 4.78 is 31.4. The predicted octanol–water partition coefficient (Wildman–Crippen LogP) is 4.21. The van der Waals surface area contributed by atoms with Crippen molar-refractivity contribution in [1.82, 2.24) is 4.48 Å². The van der Waals surface area contributed by atoms with Gasteiger partial charge < -0.3 is 0 Å². The first-order valence-corrected chi connectivity index (χ1v) is 9.85. The number of nitrogens with zero attached hydrogens (tertiary/aromatic N) is 1. The second kappa shape index (κ2) is 5.99. The van der Waals surface area contributed by atoms with E-state index in [2.05, 4.69) is 51.4 Å². The number of rotatable bonds is 5. The molecule has 2 aromatic rings. The zero-order chi connectivity index (χ0) is 17.5. The first kappa shape index (κ1) is 17.1. The molecule has 0 spiro atoms. The Morgan fingerprint density at radius 2 is 1.75 bits per heavy atom. The average molecular weight is 346 g/mol. The molecule has 5 heteroatoms. The highest BCUT2D eigenvalue weighted by Crippen LogP contribution is 2.47. The van der Waals surface area contributed by atoms with Gasteiger partial charge in [-0.25, -0.2) is 0 Å². The van der Waals surface area contributed by atoms with Gasteiger partial charge in [-0.3, -0.25) is 9.04 Å². The van der Waals surface area contributed by atoms with Crippen LogP contribution in [0, 0.1) is 0 Å². The van der Waals surface area contributed by atoms with Gasteiger partial charge in [-0.2, -0.15) is 8.42 Å². The van der Waals surface area contributed by atoms with Crippen molar-refractivity contribution in [2.24, 2.45) is 0 Å². The highest BCUT2D eigenvalue weighted by molar-refractivity contribution is 7.85. The number of fused-ring (bicyclic) bond motifs is 3. The van der Waals surface area contributed by atoms with Gasteiger partial charge in [-0.05, 0) is 36.1 Å². The van der Waals surface area contributed by atoms with Crippen molar-refractivity contribution in [3.8, 4) is 0 Å². The zero-order valence-electron chi connectivity index (χ0n) is 14.4. The first-order valence-electron chi connectivity index (χ1n) is 8.24. The summed E-state index contributed by atoms with van der Waals surface area (Å²) in [6.45, 7) is 2.16. The van der Waals surface area contributed by atoms with Crippen molar-refractivity contribution in [1.29, 1.82) is 0 Å². The van der Waals surface area contributed by atoms with Crippen LogP contribution in [0.2, 0.25) is 0 Å². The third-order valence-corrected chi connectivity index (χ3v) is 5.97. The lowest BCUT2D eigenvalue weighted by Crippen LogP contribution is -2.36. The number of hydrogen-bond acceptors (Lipinski definition) is 2. The Balaban J connectivity index is 1.98. The molecular formula is C19H24NO3S+. The Kier molecular flexibility index (Phi) is 4.28. The summed E-state index contributed by atoms with van der Waals surface area (Å²) in [5, 5.41) is 2.48. The number of allylic oxidation sites excluding steroid dienone is 2. The molecule has 1 aliphatic rings. The van der Waals surface area contributed by atoms with Crippen molar-refractivity contribution in [2.75, 3.05) is 19.8 Å². The van der Waals surface area contributed by atoms with E-state index in [0.29, 0.717) is 6.42 Å². The third kappa shape index (κ3) is 2.99. The van der Waals surface area contributed by atoms with Gasteiger partial charge in [-0.1, -0.05) is 24.3 Å². The Labute approximate surface area is 143 Å². The third-order valence-electron chi connectivity index (χ3n) is 5.17. The second-order valence-electron chi connectivity index (χ2n) is 6.94. The van der Waals surface area contributed by atoms with Crippen molar-refractivity contribution in [3.63, 3.8) is 0 Å². The van der Waals surface area contributed by atoms with E-state index in [1.165, 1.54) is 33.3 Å². The molecule has 0 radical (unpaired) electrons.